The first-order chi connectivity index (χ1) is 13.8. The lowest BCUT2D eigenvalue weighted by molar-refractivity contribution is -0.117. The van der Waals surface area contributed by atoms with Gasteiger partial charge in [-0.15, -0.1) is 0 Å². The topological polar surface area (TPSA) is 97.1 Å². The lowest BCUT2D eigenvalue weighted by Gasteiger charge is -2.13. The normalized spacial score (nSPS) is 19.2. The van der Waals surface area contributed by atoms with Gasteiger partial charge in [0.1, 0.15) is 12.0 Å². The van der Waals surface area contributed by atoms with Crippen LogP contribution in [0.5, 0.6) is 0 Å². The van der Waals surface area contributed by atoms with Crippen LogP contribution in [-0.2, 0) is 11.8 Å². The van der Waals surface area contributed by atoms with Gasteiger partial charge < -0.3 is 15.0 Å². The summed E-state index contributed by atoms with van der Waals surface area (Å²) < 4.78 is 14.5. The number of pyridine rings is 3. The van der Waals surface area contributed by atoms with Crippen LogP contribution in [0.3, 0.4) is 0 Å². The Labute approximate surface area is 166 Å². The van der Waals surface area contributed by atoms with Crippen molar-refractivity contribution >= 4 is 22.6 Å². The second-order valence-corrected chi connectivity index (χ2v) is 7.50. The molecule has 0 saturated heterocycles. The van der Waals surface area contributed by atoms with E-state index in [0.717, 1.165) is 5.56 Å². The number of aryl methyl sites for hydroxylation is 2. The van der Waals surface area contributed by atoms with Gasteiger partial charge in [0.05, 0.1) is 23.2 Å². The van der Waals surface area contributed by atoms with Crippen LogP contribution in [0.25, 0.3) is 22.0 Å². The fourth-order valence-corrected chi connectivity index (χ4v) is 3.37. The Kier molecular flexibility index (Phi) is 4.66. The molecule has 0 bridgehead atoms. The number of carbonyl (C=O) groups is 1. The summed E-state index contributed by atoms with van der Waals surface area (Å²) in [4.78, 5) is 33.4. The van der Waals surface area contributed by atoms with E-state index in [1.807, 2.05) is 6.92 Å². The Bertz CT molecular complexity index is 1190. The zero-order valence-electron chi connectivity index (χ0n) is 16.3. The summed E-state index contributed by atoms with van der Waals surface area (Å²) in [6.45, 7) is 3.49. The van der Waals surface area contributed by atoms with E-state index in [0.29, 0.717) is 27.7 Å². The summed E-state index contributed by atoms with van der Waals surface area (Å²) in [7, 11) is 1.64. The Morgan fingerprint density at radius 1 is 1.28 bits per heavy atom. The molecule has 1 aliphatic rings. The van der Waals surface area contributed by atoms with Gasteiger partial charge in [-0.05, 0) is 38.0 Å². The Balaban J connectivity index is 1.74. The standard InChI is InChI=1S/C21H21FN4O3/c1-10-4-17(11(2)27)23-9-15(10)13-5-12-8-24-19(7-18(12)26(3)21(13)29)25-20(28)14-6-16(14)22/h4-5,7-9,11,14,16,27H,6H2,1-3H3,(H,24,25,28)/t11-,14+,16+/m1/s1. The Hall–Kier alpha value is -3.13. The van der Waals surface area contributed by atoms with E-state index in [4.69, 9.17) is 0 Å². The van der Waals surface area contributed by atoms with Gasteiger partial charge in [-0.1, -0.05) is 0 Å². The van der Waals surface area contributed by atoms with Crippen LogP contribution in [0, 0.1) is 12.8 Å². The van der Waals surface area contributed by atoms with Crippen LogP contribution in [0.4, 0.5) is 10.2 Å². The van der Waals surface area contributed by atoms with Crippen molar-refractivity contribution in [3.8, 4) is 11.1 Å². The van der Waals surface area contributed by atoms with E-state index in [1.165, 1.54) is 4.57 Å². The number of rotatable bonds is 4. The minimum Gasteiger partial charge on any atom is -0.387 e. The molecule has 3 aromatic rings. The second-order valence-electron chi connectivity index (χ2n) is 7.50. The minimum absolute atomic E-state index is 0.221. The van der Waals surface area contributed by atoms with Gasteiger partial charge in [0.25, 0.3) is 5.56 Å². The third kappa shape index (κ3) is 3.51. The third-order valence-corrected chi connectivity index (χ3v) is 5.26. The van der Waals surface area contributed by atoms with Crippen molar-refractivity contribution in [3.63, 3.8) is 0 Å². The van der Waals surface area contributed by atoms with E-state index in [1.54, 1.807) is 44.6 Å². The molecule has 1 aliphatic carbocycles. The molecule has 1 fully saturated rings. The predicted molar refractivity (Wildman–Crippen MR) is 107 cm³/mol. The van der Waals surface area contributed by atoms with Gasteiger partial charge in [0, 0.05) is 42.0 Å². The van der Waals surface area contributed by atoms with E-state index < -0.39 is 24.1 Å². The summed E-state index contributed by atoms with van der Waals surface area (Å²) in [6, 6.07) is 5.10. The maximum atomic E-state index is 13.1. The summed E-state index contributed by atoms with van der Waals surface area (Å²) in [5, 5.41) is 13.0. The second kappa shape index (κ2) is 7.04. The van der Waals surface area contributed by atoms with Crippen LogP contribution >= 0.6 is 0 Å². The lowest BCUT2D eigenvalue weighted by atomic mass is 10.0. The van der Waals surface area contributed by atoms with Gasteiger partial charge in [-0.25, -0.2) is 9.37 Å². The summed E-state index contributed by atoms with van der Waals surface area (Å²) in [6.07, 6.45) is 1.62. The lowest BCUT2D eigenvalue weighted by Crippen LogP contribution is -2.20. The number of carbonyl (C=O) groups excluding carboxylic acids is 1. The van der Waals surface area contributed by atoms with Crippen LogP contribution in [0.1, 0.15) is 30.7 Å². The van der Waals surface area contributed by atoms with Gasteiger partial charge in [0.15, 0.2) is 0 Å². The van der Waals surface area contributed by atoms with Crippen molar-refractivity contribution in [1.29, 1.82) is 0 Å². The number of aliphatic hydroxyl groups is 1. The maximum absolute atomic E-state index is 13.1. The molecule has 3 atom stereocenters. The molecule has 0 aromatic carbocycles. The van der Waals surface area contributed by atoms with Crippen molar-refractivity contribution in [2.24, 2.45) is 13.0 Å². The maximum Gasteiger partial charge on any atom is 0.258 e. The van der Waals surface area contributed by atoms with Crippen molar-refractivity contribution in [1.82, 2.24) is 14.5 Å². The molecule has 0 unspecified atom stereocenters. The first-order valence-electron chi connectivity index (χ1n) is 9.36. The average molecular weight is 396 g/mol. The van der Waals surface area contributed by atoms with Gasteiger partial charge in [-0.2, -0.15) is 0 Å². The molecule has 0 radical (unpaired) electrons. The molecular weight excluding hydrogens is 375 g/mol. The summed E-state index contributed by atoms with van der Waals surface area (Å²) in [5.41, 5.74) is 2.90. The molecule has 1 saturated carbocycles. The van der Waals surface area contributed by atoms with Crippen molar-refractivity contribution in [3.05, 3.63) is 52.2 Å². The fourth-order valence-electron chi connectivity index (χ4n) is 3.37. The zero-order chi connectivity index (χ0) is 20.9. The Morgan fingerprint density at radius 2 is 2.00 bits per heavy atom. The molecule has 0 spiro atoms. The number of halogens is 1. The van der Waals surface area contributed by atoms with E-state index in [9.17, 15) is 19.1 Å². The number of aromatic nitrogens is 3. The molecular formula is C21H21FN4O3. The molecule has 4 rings (SSSR count). The monoisotopic (exact) mass is 396 g/mol. The first-order valence-corrected chi connectivity index (χ1v) is 9.36. The number of aliphatic hydroxyl groups excluding tert-OH is 1. The molecule has 3 heterocycles. The SMILES string of the molecule is Cc1cc([C@@H](C)O)ncc1-c1cc2cnc(NC(=O)[C@H]3C[C@@H]3F)cc2n(C)c1=O. The van der Waals surface area contributed by atoms with Gasteiger partial charge in [0.2, 0.25) is 5.91 Å². The number of alkyl halides is 1. The number of hydrogen-bond donors (Lipinski definition) is 2. The molecule has 0 aliphatic heterocycles. The number of nitrogens with one attached hydrogen (secondary N) is 1. The quantitative estimate of drug-likeness (QED) is 0.707. The molecule has 150 valence electrons. The van der Waals surface area contributed by atoms with Crippen LogP contribution < -0.4 is 10.9 Å². The molecule has 2 N–H and O–H groups in total. The third-order valence-electron chi connectivity index (χ3n) is 5.26. The van der Waals surface area contributed by atoms with E-state index in [2.05, 4.69) is 15.3 Å². The van der Waals surface area contributed by atoms with Crippen molar-refractivity contribution in [2.75, 3.05) is 5.32 Å². The van der Waals surface area contributed by atoms with Gasteiger partial charge in [-0.3, -0.25) is 14.6 Å². The first kappa shape index (κ1) is 19.2. The number of nitrogens with zero attached hydrogens (tertiary/aromatic N) is 3. The zero-order valence-corrected chi connectivity index (χ0v) is 16.3. The van der Waals surface area contributed by atoms with Crippen molar-refractivity contribution < 1.29 is 14.3 Å². The van der Waals surface area contributed by atoms with E-state index >= 15 is 0 Å². The Morgan fingerprint density at radius 3 is 2.62 bits per heavy atom. The fraction of sp³-hybridized carbons (Fsp3) is 0.333. The predicted octanol–water partition coefficient (Wildman–Crippen LogP) is 2.65. The number of amides is 1. The highest BCUT2D eigenvalue weighted by Gasteiger charge is 2.43. The highest BCUT2D eigenvalue weighted by Crippen LogP contribution is 2.34. The molecule has 8 heteroatoms. The molecule has 29 heavy (non-hydrogen) atoms. The molecule has 1 amide bonds. The highest BCUT2D eigenvalue weighted by molar-refractivity contribution is 5.95. The molecule has 3 aromatic heterocycles. The van der Waals surface area contributed by atoms with Crippen LogP contribution in [-0.4, -0.2) is 31.7 Å². The van der Waals surface area contributed by atoms with Crippen LogP contribution in [0.15, 0.2) is 35.4 Å². The smallest absolute Gasteiger partial charge is 0.258 e. The molecule has 7 nitrogen and oxygen atoms in total. The number of hydrogen-bond acceptors (Lipinski definition) is 5. The number of fused-ring (bicyclic) bond motifs is 1. The summed E-state index contributed by atoms with van der Waals surface area (Å²) >= 11 is 0. The highest BCUT2D eigenvalue weighted by atomic mass is 19.1. The van der Waals surface area contributed by atoms with Gasteiger partial charge >= 0.3 is 0 Å². The van der Waals surface area contributed by atoms with Crippen LogP contribution in [0.2, 0.25) is 0 Å². The van der Waals surface area contributed by atoms with Crippen molar-refractivity contribution in [2.45, 2.75) is 32.5 Å². The number of anilines is 1. The van der Waals surface area contributed by atoms with E-state index in [-0.39, 0.29) is 17.8 Å². The summed E-state index contributed by atoms with van der Waals surface area (Å²) in [5.74, 6) is -0.729. The average Bonchev–Trinajstić information content (AvgIpc) is 3.42. The minimum atomic E-state index is -1.08. The largest absolute Gasteiger partial charge is 0.387 e.